The number of unbranched alkanes of at least 4 members (excludes halogenated alkanes) is 1. The minimum atomic E-state index is 0.102. The van der Waals surface area contributed by atoms with Gasteiger partial charge in [-0.1, -0.05) is 43.7 Å². The van der Waals surface area contributed by atoms with Crippen LogP contribution in [0.25, 0.3) is 0 Å². The van der Waals surface area contributed by atoms with Gasteiger partial charge in [-0.15, -0.1) is 0 Å². The fraction of sp³-hybridized carbons (Fsp3) is 0.346. The molecule has 1 heterocycles. The van der Waals surface area contributed by atoms with Gasteiger partial charge >= 0.3 is 0 Å². The molecule has 0 aliphatic heterocycles. The molecular formula is C26H30N2O2. The van der Waals surface area contributed by atoms with E-state index in [9.17, 15) is 4.79 Å². The minimum Gasteiger partial charge on any atom is -0.494 e. The monoisotopic (exact) mass is 402 g/mol. The number of amides is 1. The summed E-state index contributed by atoms with van der Waals surface area (Å²) in [5.41, 5.74) is 3.16. The van der Waals surface area contributed by atoms with E-state index < -0.39 is 0 Å². The van der Waals surface area contributed by atoms with Crippen molar-refractivity contribution in [2.24, 2.45) is 0 Å². The lowest BCUT2D eigenvalue weighted by molar-refractivity contribution is 0.0726. The highest BCUT2D eigenvalue weighted by atomic mass is 16.5. The highest BCUT2D eigenvalue weighted by Gasteiger charge is 2.33. The normalized spacial score (nSPS) is 13.2. The molecule has 3 aromatic rings. The van der Waals surface area contributed by atoms with Crippen LogP contribution in [-0.2, 0) is 13.1 Å². The van der Waals surface area contributed by atoms with Crippen LogP contribution < -0.4 is 4.74 Å². The van der Waals surface area contributed by atoms with Crippen molar-refractivity contribution < 1.29 is 9.53 Å². The fourth-order valence-corrected chi connectivity index (χ4v) is 3.65. The summed E-state index contributed by atoms with van der Waals surface area (Å²) in [5.74, 6) is 0.930. The first-order valence-electron chi connectivity index (χ1n) is 11.0. The average molecular weight is 403 g/mol. The van der Waals surface area contributed by atoms with Crippen molar-refractivity contribution in [3.8, 4) is 5.75 Å². The summed E-state index contributed by atoms with van der Waals surface area (Å²) in [6.07, 6.45) is 6.42. The number of hydrogen-bond donors (Lipinski definition) is 0. The van der Waals surface area contributed by atoms with Gasteiger partial charge in [-0.25, -0.2) is 0 Å². The topological polar surface area (TPSA) is 34.5 Å². The van der Waals surface area contributed by atoms with Gasteiger partial charge in [0.15, 0.2) is 0 Å². The van der Waals surface area contributed by atoms with E-state index in [-0.39, 0.29) is 5.91 Å². The van der Waals surface area contributed by atoms with Crippen molar-refractivity contribution in [3.63, 3.8) is 0 Å². The second kappa shape index (κ2) is 9.66. The third-order valence-electron chi connectivity index (χ3n) is 5.57. The van der Waals surface area contributed by atoms with Crippen LogP contribution in [0, 0.1) is 0 Å². The molecule has 1 aromatic heterocycles. The third kappa shape index (κ3) is 5.12. The van der Waals surface area contributed by atoms with Crippen molar-refractivity contribution in [2.45, 2.75) is 51.7 Å². The van der Waals surface area contributed by atoms with Gasteiger partial charge in [-0.05, 0) is 61.2 Å². The van der Waals surface area contributed by atoms with Crippen LogP contribution in [0.2, 0.25) is 0 Å². The van der Waals surface area contributed by atoms with Gasteiger partial charge in [0, 0.05) is 30.0 Å². The van der Waals surface area contributed by atoms with E-state index in [1.54, 1.807) is 0 Å². The maximum absolute atomic E-state index is 13.3. The third-order valence-corrected chi connectivity index (χ3v) is 5.57. The molecule has 0 radical (unpaired) electrons. The zero-order valence-electron chi connectivity index (χ0n) is 17.7. The number of carbonyl (C=O) groups excluding carboxylic acids is 1. The molecule has 1 saturated carbocycles. The van der Waals surface area contributed by atoms with Crippen LogP contribution >= 0.6 is 0 Å². The van der Waals surface area contributed by atoms with E-state index in [0.717, 1.165) is 50.1 Å². The lowest BCUT2D eigenvalue weighted by Crippen LogP contribution is -2.33. The van der Waals surface area contributed by atoms with Gasteiger partial charge in [0.05, 0.1) is 13.2 Å². The van der Waals surface area contributed by atoms with E-state index in [0.29, 0.717) is 12.6 Å². The smallest absolute Gasteiger partial charge is 0.254 e. The first-order valence-corrected chi connectivity index (χ1v) is 11.0. The Bertz CT molecular complexity index is 943. The maximum Gasteiger partial charge on any atom is 0.254 e. The zero-order valence-corrected chi connectivity index (χ0v) is 17.7. The SMILES string of the molecule is CCCCOc1ccc(C(=O)N(Cc2cccn2Cc2ccccc2)C2CC2)cc1. The lowest BCUT2D eigenvalue weighted by atomic mass is 10.1. The van der Waals surface area contributed by atoms with Crippen molar-refractivity contribution in [1.82, 2.24) is 9.47 Å². The van der Waals surface area contributed by atoms with Gasteiger partial charge in [0.1, 0.15) is 5.75 Å². The molecule has 0 bridgehead atoms. The van der Waals surface area contributed by atoms with Gasteiger partial charge in [-0.3, -0.25) is 4.79 Å². The molecule has 156 valence electrons. The fourth-order valence-electron chi connectivity index (χ4n) is 3.65. The Hall–Kier alpha value is -3.01. The second-order valence-corrected chi connectivity index (χ2v) is 8.00. The maximum atomic E-state index is 13.3. The van der Waals surface area contributed by atoms with E-state index in [4.69, 9.17) is 4.74 Å². The molecule has 1 amide bonds. The number of carbonyl (C=O) groups is 1. The molecule has 0 spiro atoms. The number of hydrogen-bond acceptors (Lipinski definition) is 2. The summed E-state index contributed by atoms with van der Waals surface area (Å²) in [6, 6.07) is 22.6. The van der Waals surface area contributed by atoms with E-state index in [1.165, 1.54) is 11.3 Å². The van der Waals surface area contributed by atoms with Crippen molar-refractivity contribution in [3.05, 3.63) is 89.7 Å². The molecule has 0 saturated heterocycles. The lowest BCUT2D eigenvalue weighted by Gasteiger charge is -2.24. The molecule has 4 nitrogen and oxygen atoms in total. The van der Waals surface area contributed by atoms with Crippen LogP contribution in [0.15, 0.2) is 72.9 Å². The van der Waals surface area contributed by atoms with Gasteiger partial charge in [0.2, 0.25) is 0 Å². The molecular weight excluding hydrogens is 372 g/mol. The predicted molar refractivity (Wildman–Crippen MR) is 120 cm³/mol. The minimum absolute atomic E-state index is 0.102. The number of benzene rings is 2. The average Bonchev–Trinajstić information content (AvgIpc) is 3.53. The Morgan fingerprint density at radius 3 is 2.50 bits per heavy atom. The molecule has 1 aliphatic carbocycles. The summed E-state index contributed by atoms with van der Waals surface area (Å²) in [7, 11) is 0. The highest BCUT2D eigenvalue weighted by molar-refractivity contribution is 5.94. The van der Waals surface area contributed by atoms with Crippen LogP contribution in [-0.4, -0.2) is 28.0 Å². The van der Waals surface area contributed by atoms with Crippen LogP contribution in [0.1, 0.15) is 54.2 Å². The molecule has 0 N–H and O–H groups in total. The number of nitrogens with zero attached hydrogens (tertiary/aromatic N) is 2. The zero-order chi connectivity index (χ0) is 20.8. The Morgan fingerprint density at radius 1 is 1.03 bits per heavy atom. The molecule has 1 aliphatic rings. The molecule has 1 fully saturated rings. The Morgan fingerprint density at radius 2 is 1.80 bits per heavy atom. The van der Waals surface area contributed by atoms with Gasteiger partial charge < -0.3 is 14.2 Å². The summed E-state index contributed by atoms with van der Waals surface area (Å²) in [6.45, 7) is 4.32. The van der Waals surface area contributed by atoms with Crippen molar-refractivity contribution in [2.75, 3.05) is 6.61 Å². The van der Waals surface area contributed by atoms with Gasteiger partial charge in [-0.2, -0.15) is 0 Å². The molecule has 0 atom stereocenters. The van der Waals surface area contributed by atoms with E-state index >= 15 is 0 Å². The van der Waals surface area contributed by atoms with Crippen molar-refractivity contribution in [1.29, 1.82) is 0 Å². The molecule has 2 aromatic carbocycles. The van der Waals surface area contributed by atoms with Crippen molar-refractivity contribution >= 4 is 5.91 Å². The van der Waals surface area contributed by atoms with E-state index in [2.05, 4.69) is 54.1 Å². The Labute approximate surface area is 179 Å². The number of rotatable bonds is 10. The quantitative estimate of drug-likeness (QED) is 0.419. The first kappa shape index (κ1) is 20.3. The number of aromatic nitrogens is 1. The second-order valence-electron chi connectivity index (χ2n) is 8.00. The Balaban J connectivity index is 1.45. The molecule has 4 rings (SSSR count). The van der Waals surface area contributed by atoms with Gasteiger partial charge in [0.25, 0.3) is 5.91 Å². The molecule has 4 heteroatoms. The largest absolute Gasteiger partial charge is 0.494 e. The highest BCUT2D eigenvalue weighted by Crippen LogP contribution is 2.30. The molecule has 0 unspecified atom stereocenters. The number of ether oxygens (including phenoxy) is 1. The van der Waals surface area contributed by atoms with Crippen LogP contribution in [0.3, 0.4) is 0 Å². The van der Waals surface area contributed by atoms with E-state index in [1.807, 2.05) is 35.2 Å². The Kier molecular flexibility index (Phi) is 6.53. The summed E-state index contributed by atoms with van der Waals surface area (Å²) in [4.78, 5) is 15.3. The van der Waals surface area contributed by atoms with Crippen LogP contribution in [0.4, 0.5) is 0 Å². The standard InChI is InChI=1S/C26H30N2O2/c1-2-3-18-30-25-15-11-22(12-16-25)26(29)28(23-13-14-23)20-24-10-7-17-27(24)19-21-8-5-4-6-9-21/h4-12,15-17,23H,2-3,13-14,18-20H2,1H3. The molecule has 30 heavy (non-hydrogen) atoms. The predicted octanol–water partition coefficient (Wildman–Crippen LogP) is 5.52. The summed E-state index contributed by atoms with van der Waals surface area (Å²) in [5, 5.41) is 0. The summed E-state index contributed by atoms with van der Waals surface area (Å²) < 4.78 is 7.97. The van der Waals surface area contributed by atoms with Crippen LogP contribution in [0.5, 0.6) is 5.75 Å². The first-order chi connectivity index (χ1) is 14.7. The summed E-state index contributed by atoms with van der Waals surface area (Å²) >= 11 is 0.